The van der Waals surface area contributed by atoms with Gasteiger partial charge in [0.05, 0.1) is 0 Å². The lowest BCUT2D eigenvalue weighted by Crippen LogP contribution is -2.34. The summed E-state index contributed by atoms with van der Waals surface area (Å²) in [4.78, 5) is 0. The fourth-order valence-corrected chi connectivity index (χ4v) is 2.72. The van der Waals surface area contributed by atoms with Gasteiger partial charge in [0.15, 0.2) is 0 Å². The van der Waals surface area contributed by atoms with Crippen LogP contribution in [0.2, 0.25) is 0 Å². The van der Waals surface area contributed by atoms with Gasteiger partial charge < -0.3 is 10.4 Å². The van der Waals surface area contributed by atoms with Crippen LogP contribution in [0.25, 0.3) is 0 Å². The van der Waals surface area contributed by atoms with Crippen molar-refractivity contribution in [1.29, 1.82) is 0 Å². The highest BCUT2D eigenvalue weighted by molar-refractivity contribution is 4.74. The van der Waals surface area contributed by atoms with Crippen molar-refractivity contribution in [3.8, 4) is 0 Å². The summed E-state index contributed by atoms with van der Waals surface area (Å²) in [6.07, 6.45) is 11.9. The summed E-state index contributed by atoms with van der Waals surface area (Å²) >= 11 is 0. The Morgan fingerprint density at radius 1 is 1.06 bits per heavy atom. The molecule has 0 aromatic heterocycles. The average molecular weight is 227 g/mol. The van der Waals surface area contributed by atoms with Gasteiger partial charge in [0.1, 0.15) is 0 Å². The number of nitrogens with one attached hydrogen (secondary N) is 1. The van der Waals surface area contributed by atoms with E-state index in [1.807, 2.05) is 0 Å². The van der Waals surface area contributed by atoms with Crippen molar-refractivity contribution in [2.45, 2.75) is 70.8 Å². The third-order valence-corrected chi connectivity index (χ3v) is 3.91. The molecule has 1 aliphatic rings. The molecule has 2 heteroatoms. The molecule has 0 heterocycles. The van der Waals surface area contributed by atoms with Gasteiger partial charge in [-0.05, 0) is 51.5 Å². The molecule has 1 atom stereocenters. The molecule has 0 amide bonds. The Kier molecular flexibility index (Phi) is 7.87. The Labute approximate surface area is 101 Å². The van der Waals surface area contributed by atoms with Crippen molar-refractivity contribution in [3.05, 3.63) is 0 Å². The quantitative estimate of drug-likeness (QED) is 0.517. The highest BCUT2D eigenvalue weighted by atomic mass is 16.2. The second-order valence-corrected chi connectivity index (χ2v) is 5.28. The Bertz CT molecular complexity index is 153. The molecule has 2 N–H and O–H groups in total. The Hall–Kier alpha value is -0.0800. The molecule has 16 heavy (non-hydrogen) atoms. The largest absolute Gasteiger partial charge is 0.396 e. The van der Waals surface area contributed by atoms with Crippen molar-refractivity contribution in [1.82, 2.24) is 5.32 Å². The molecule has 0 aliphatic heterocycles. The van der Waals surface area contributed by atoms with E-state index in [1.54, 1.807) is 0 Å². The van der Waals surface area contributed by atoms with Crippen LogP contribution in [0.5, 0.6) is 0 Å². The van der Waals surface area contributed by atoms with Crippen molar-refractivity contribution < 1.29 is 5.11 Å². The first kappa shape index (κ1) is 14.0. The lowest BCUT2D eigenvalue weighted by molar-refractivity contribution is 0.280. The van der Waals surface area contributed by atoms with Gasteiger partial charge in [0, 0.05) is 12.6 Å². The number of unbranched alkanes of at least 4 members (excludes halogenated alkanes) is 2. The zero-order valence-corrected chi connectivity index (χ0v) is 10.9. The summed E-state index contributed by atoms with van der Waals surface area (Å²) in [5.41, 5.74) is 0. The molecule has 0 spiro atoms. The minimum atomic E-state index is 0.345. The minimum Gasteiger partial charge on any atom is -0.396 e. The van der Waals surface area contributed by atoms with E-state index in [2.05, 4.69) is 12.2 Å². The highest BCUT2D eigenvalue weighted by Gasteiger charge is 2.17. The van der Waals surface area contributed by atoms with Crippen molar-refractivity contribution in [2.24, 2.45) is 5.92 Å². The second-order valence-electron chi connectivity index (χ2n) is 5.28. The predicted molar refractivity (Wildman–Crippen MR) is 69.6 cm³/mol. The van der Waals surface area contributed by atoms with E-state index in [9.17, 15) is 0 Å². The fourth-order valence-electron chi connectivity index (χ4n) is 2.72. The van der Waals surface area contributed by atoms with Crippen LogP contribution in [-0.2, 0) is 0 Å². The minimum absolute atomic E-state index is 0.345. The first-order valence-electron chi connectivity index (χ1n) is 7.19. The Morgan fingerprint density at radius 2 is 1.75 bits per heavy atom. The van der Waals surface area contributed by atoms with E-state index in [0.717, 1.165) is 25.3 Å². The highest BCUT2D eigenvalue weighted by Crippen LogP contribution is 2.25. The molecule has 1 rings (SSSR count). The van der Waals surface area contributed by atoms with E-state index in [-0.39, 0.29) is 0 Å². The van der Waals surface area contributed by atoms with Crippen LogP contribution >= 0.6 is 0 Å². The Morgan fingerprint density at radius 3 is 2.38 bits per heavy atom. The molecule has 0 aromatic rings. The summed E-state index contributed by atoms with van der Waals surface area (Å²) < 4.78 is 0. The first-order valence-corrected chi connectivity index (χ1v) is 7.19. The summed E-state index contributed by atoms with van der Waals surface area (Å²) in [5.74, 6) is 0.903. The SMILES string of the molecule is C[C@H](NCCCCCO)C1CCCCCC1. The molecule has 0 unspecified atom stereocenters. The zero-order valence-electron chi connectivity index (χ0n) is 10.9. The summed E-state index contributed by atoms with van der Waals surface area (Å²) in [6, 6.07) is 0.687. The maximum Gasteiger partial charge on any atom is 0.0431 e. The van der Waals surface area contributed by atoms with Gasteiger partial charge in [-0.25, -0.2) is 0 Å². The molecule has 1 fully saturated rings. The van der Waals surface area contributed by atoms with Crippen LogP contribution in [0.4, 0.5) is 0 Å². The molecule has 0 aromatic carbocycles. The summed E-state index contributed by atoms with van der Waals surface area (Å²) in [6.45, 7) is 3.82. The third-order valence-electron chi connectivity index (χ3n) is 3.91. The van der Waals surface area contributed by atoms with E-state index in [4.69, 9.17) is 5.11 Å². The molecule has 0 saturated heterocycles. The molecule has 1 saturated carbocycles. The zero-order chi connectivity index (χ0) is 11.6. The van der Waals surface area contributed by atoms with Crippen molar-refractivity contribution in [3.63, 3.8) is 0 Å². The molecule has 0 bridgehead atoms. The summed E-state index contributed by atoms with van der Waals surface area (Å²) in [5, 5.41) is 12.3. The molecular weight excluding hydrogens is 198 g/mol. The van der Waals surface area contributed by atoms with Crippen molar-refractivity contribution in [2.75, 3.05) is 13.2 Å². The standard InChI is InChI=1S/C14H29NO/c1-13(15-11-7-4-8-12-16)14-9-5-2-3-6-10-14/h13-16H,2-12H2,1H3/t13-/m0/s1. The first-order chi connectivity index (χ1) is 7.84. The molecule has 2 nitrogen and oxygen atoms in total. The maximum atomic E-state index is 8.69. The van der Waals surface area contributed by atoms with Crippen LogP contribution in [0, 0.1) is 5.92 Å². The molecule has 1 aliphatic carbocycles. The fraction of sp³-hybridized carbons (Fsp3) is 1.00. The number of hydrogen-bond acceptors (Lipinski definition) is 2. The van der Waals surface area contributed by atoms with Crippen LogP contribution in [-0.4, -0.2) is 24.3 Å². The second kappa shape index (κ2) is 9.00. The monoisotopic (exact) mass is 227 g/mol. The van der Waals surface area contributed by atoms with Gasteiger partial charge >= 0.3 is 0 Å². The number of aliphatic hydroxyl groups excluding tert-OH is 1. The van der Waals surface area contributed by atoms with Gasteiger partial charge in [0.2, 0.25) is 0 Å². The number of aliphatic hydroxyl groups is 1. The lowest BCUT2D eigenvalue weighted by atomic mass is 9.93. The van der Waals surface area contributed by atoms with Gasteiger partial charge in [-0.2, -0.15) is 0 Å². The lowest BCUT2D eigenvalue weighted by Gasteiger charge is -2.23. The van der Waals surface area contributed by atoms with Gasteiger partial charge in [-0.15, -0.1) is 0 Å². The maximum absolute atomic E-state index is 8.69. The van der Waals surface area contributed by atoms with Crippen LogP contribution in [0.15, 0.2) is 0 Å². The van der Waals surface area contributed by atoms with E-state index in [1.165, 1.54) is 44.9 Å². The van der Waals surface area contributed by atoms with E-state index < -0.39 is 0 Å². The number of hydrogen-bond donors (Lipinski definition) is 2. The van der Waals surface area contributed by atoms with Gasteiger partial charge in [0.25, 0.3) is 0 Å². The summed E-state index contributed by atoms with van der Waals surface area (Å²) in [7, 11) is 0. The van der Waals surface area contributed by atoms with Gasteiger partial charge in [-0.3, -0.25) is 0 Å². The van der Waals surface area contributed by atoms with Crippen molar-refractivity contribution >= 4 is 0 Å². The van der Waals surface area contributed by atoms with Crippen LogP contribution in [0.3, 0.4) is 0 Å². The third kappa shape index (κ3) is 5.86. The molecular formula is C14H29NO. The van der Waals surface area contributed by atoms with E-state index >= 15 is 0 Å². The van der Waals surface area contributed by atoms with Crippen LogP contribution in [0.1, 0.15) is 64.7 Å². The average Bonchev–Trinajstić information content (AvgIpc) is 2.57. The number of rotatable bonds is 7. The topological polar surface area (TPSA) is 32.3 Å². The predicted octanol–water partition coefficient (Wildman–Crippen LogP) is 3.10. The molecule has 0 radical (unpaired) electrons. The Balaban J connectivity index is 2.05. The smallest absolute Gasteiger partial charge is 0.0431 e. The normalized spacial score (nSPS) is 20.6. The van der Waals surface area contributed by atoms with Gasteiger partial charge in [-0.1, -0.05) is 25.7 Å². The van der Waals surface area contributed by atoms with Crippen LogP contribution < -0.4 is 5.32 Å². The van der Waals surface area contributed by atoms with E-state index in [0.29, 0.717) is 12.6 Å². The molecule has 96 valence electrons.